The summed E-state index contributed by atoms with van der Waals surface area (Å²) in [5.74, 6) is 0.462. The van der Waals surface area contributed by atoms with E-state index >= 15 is 0 Å². The first-order valence-electron chi connectivity index (χ1n) is 8.42. The Balaban J connectivity index is 1.46. The van der Waals surface area contributed by atoms with Gasteiger partial charge in [0.25, 0.3) is 5.69 Å². The molecule has 26 heavy (non-hydrogen) atoms. The molecule has 1 aliphatic rings. The molecule has 1 heterocycles. The normalized spacial score (nSPS) is 15.0. The lowest BCUT2D eigenvalue weighted by Crippen LogP contribution is -2.47. The number of piperazine rings is 1. The number of hydrogen-bond acceptors (Lipinski definition) is 6. The van der Waals surface area contributed by atoms with E-state index in [0.29, 0.717) is 12.4 Å². The average molecular weight is 377 g/mol. The van der Waals surface area contributed by atoms with E-state index in [1.807, 2.05) is 18.2 Å². The summed E-state index contributed by atoms with van der Waals surface area (Å²) >= 11 is 6.06. The zero-order valence-electron chi connectivity index (χ0n) is 14.3. The van der Waals surface area contributed by atoms with Gasteiger partial charge in [-0.25, -0.2) is 0 Å². The second kappa shape index (κ2) is 8.25. The molecule has 0 spiro atoms. The first-order valence-corrected chi connectivity index (χ1v) is 8.80. The summed E-state index contributed by atoms with van der Waals surface area (Å²) in [5, 5.41) is 11.7. The summed E-state index contributed by atoms with van der Waals surface area (Å²) < 4.78 is 5.65. The minimum absolute atomic E-state index is 0.127. The fraction of sp³-hybridized carbons (Fsp3) is 0.333. The largest absolute Gasteiger partial charge is 0.492 e. The van der Waals surface area contributed by atoms with Gasteiger partial charge in [-0.1, -0.05) is 17.7 Å². The van der Waals surface area contributed by atoms with Gasteiger partial charge in [0.15, 0.2) is 0 Å². The summed E-state index contributed by atoms with van der Waals surface area (Å²) in [6, 6.07) is 12.4. The Kier molecular flexibility index (Phi) is 5.80. The van der Waals surface area contributed by atoms with Gasteiger partial charge in [0.1, 0.15) is 18.0 Å². The number of nitrogens with zero attached hydrogens (tertiary/aromatic N) is 3. The number of ether oxygens (including phenoxy) is 1. The number of hydrogen-bond donors (Lipinski definition) is 1. The molecule has 0 unspecified atom stereocenters. The topological polar surface area (TPSA) is 84.9 Å². The van der Waals surface area contributed by atoms with E-state index in [-0.39, 0.29) is 11.4 Å². The fourth-order valence-electron chi connectivity index (χ4n) is 2.97. The number of rotatable bonds is 6. The van der Waals surface area contributed by atoms with E-state index in [1.165, 1.54) is 12.1 Å². The zero-order valence-corrected chi connectivity index (χ0v) is 15.1. The smallest absolute Gasteiger partial charge is 0.295 e. The fourth-order valence-corrected chi connectivity index (χ4v) is 3.15. The molecule has 0 aromatic heterocycles. The molecule has 0 bridgehead atoms. The molecule has 1 saturated heterocycles. The molecule has 138 valence electrons. The maximum atomic E-state index is 10.9. The second-order valence-electron chi connectivity index (χ2n) is 6.13. The highest BCUT2D eigenvalue weighted by molar-refractivity contribution is 6.30. The van der Waals surface area contributed by atoms with Crippen molar-refractivity contribution in [2.75, 3.05) is 50.0 Å². The van der Waals surface area contributed by atoms with Crippen LogP contribution in [-0.2, 0) is 0 Å². The van der Waals surface area contributed by atoms with Crippen molar-refractivity contribution in [3.05, 3.63) is 57.6 Å². The van der Waals surface area contributed by atoms with Crippen LogP contribution in [0.5, 0.6) is 5.75 Å². The minimum Gasteiger partial charge on any atom is -0.492 e. The average Bonchev–Trinajstić information content (AvgIpc) is 2.63. The van der Waals surface area contributed by atoms with Gasteiger partial charge in [0.05, 0.1) is 11.0 Å². The molecular formula is C18H21ClN4O3. The van der Waals surface area contributed by atoms with Gasteiger partial charge in [-0.15, -0.1) is 0 Å². The van der Waals surface area contributed by atoms with Crippen molar-refractivity contribution in [2.45, 2.75) is 0 Å². The number of nitro groups is 1. The number of nitrogens with two attached hydrogens (primary N) is 1. The molecule has 1 aliphatic heterocycles. The zero-order chi connectivity index (χ0) is 18.5. The summed E-state index contributed by atoms with van der Waals surface area (Å²) in [4.78, 5) is 15.0. The number of nitro benzene ring substituents is 1. The van der Waals surface area contributed by atoms with Crippen LogP contribution in [0.4, 0.5) is 17.1 Å². The van der Waals surface area contributed by atoms with Crippen molar-refractivity contribution in [3.63, 3.8) is 0 Å². The highest BCUT2D eigenvalue weighted by Gasteiger charge is 2.17. The molecule has 2 N–H and O–H groups in total. The predicted molar refractivity (Wildman–Crippen MR) is 103 cm³/mol. The van der Waals surface area contributed by atoms with Crippen LogP contribution in [0.1, 0.15) is 0 Å². The van der Waals surface area contributed by atoms with Crippen LogP contribution in [0, 0.1) is 10.1 Å². The quantitative estimate of drug-likeness (QED) is 0.474. The van der Waals surface area contributed by atoms with Gasteiger partial charge in [0, 0.05) is 43.4 Å². The van der Waals surface area contributed by atoms with E-state index in [4.69, 9.17) is 22.1 Å². The van der Waals surface area contributed by atoms with Crippen molar-refractivity contribution in [1.29, 1.82) is 0 Å². The van der Waals surface area contributed by atoms with Crippen LogP contribution < -0.4 is 15.4 Å². The molecule has 2 aromatic rings. The molecule has 0 saturated carbocycles. The van der Waals surface area contributed by atoms with E-state index in [0.717, 1.165) is 43.4 Å². The highest BCUT2D eigenvalue weighted by atomic mass is 35.5. The Morgan fingerprint density at radius 1 is 1.15 bits per heavy atom. The number of halogens is 1. The summed E-state index contributed by atoms with van der Waals surface area (Å²) in [6.07, 6.45) is 0. The van der Waals surface area contributed by atoms with Crippen LogP contribution in [0.2, 0.25) is 5.02 Å². The molecule has 0 aliphatic carbocycles. The molecule has 7 nitrogen and oxygen atoms in total. The lowest BCUT2D eigenvalue weighted by molar-refractivity contribution is -0.384. The molecule has 3 rings (SSSR count). The van der Waals surface area contributed by atoms with Gasteiger partial charge < -0.3 is 15.4 Å². The van der Waals surface area contributed by atoms with E-state index < -0.39 is 4.92 Å². The SMILES string of the molecule is Nc1ccc(OCCN2CCN(c3cccc(Cl)c3)CC2)cc1[N+](=O)[O-]. The van der Waals surface area contributed by atoms with Crippen molar-refractivity contribution in [3.8, 4) is 5.75 Å². The van der Waals surface area contributed by atoms with Crippen molar-refractivity contribution < 1.29 is 9.66 Å². The van der Waals surface area contributed by atoms with Gasteiger partial charge in [0.2, 0.25) is 0 Å². The van der Waals surface area contributed by atoms with Gasteiger partial charge in [-0.2, -0.15) is 0 Å². The monoisotopic (exact) mass is 376 g/mol. The lowest BCUT2D eigenvalue weighted by Gasteiger charge is -2.36. The standard InChI is InChI=1S/C18H21ClN4O3/c19-14-2-1-3-15(12-14)22-8-6-21(7-9-22)10-11-26-16-4-5-17(20)18(13-16)23(24)25/h1-5,12-13H,6-11,20H2. The summed E-state index contributed by atoms with van der Waals surface area (Å²) in [7, 11) is 0. The van der Waals surface area contributed by atoms with E-state index in [2.05, 4.69) is 15.9 Å². The van der Waals surface area contributed by atoms with Crippen molar-refractivity contribution >= 4 is 28.7 Å². The van der Waals surface area contributed by atoms with E-state index in [1.54, 1.807) is 6.07 Å². The van der Waals surface area contributed by atoms with Crippen LogP contribution in [0.25, 0.3) is 0 Å². The Morgan fingerprint density at radius 3 is 2.62 bits per heavy atom. The molecule has 0 atom stereocenters. The van der Waals surface area contributed by atoms with Crippen molar-refractivity contribution in [1.82, 2.24) is 4.90 Å². The van der Waals surface area contributed by atoms with E-state index in [9.17, 15) is 10.1 Å². The molecule has 8 heteroatoms. The Morgan fingerprint density at radius 2 is 1.92 bits per heavy atom. The molecular weight excluding hydrogens is 356 g/mol. The molecule has 1 fully saturated rings. The maximum absolute atomic E-state index is 10.9. The molecule has 2 aromatic carbocycles. The predicted octanol–water partition coefficient (Wildman–Crippen LogP) is 3.03. The van der Waals surface area contributed by atoms with Gasteiger partial charge in [-0.3, -0.25) is 15.0 Å². The first-order chi connectivity index (χ1) is 12.5. The summed E-state index contributed by atoms with van der Waals surface area (Å²) in [6.45, 7) is 4.94. The third-order valence-electron chi connectivity index (χ3n) is 4.42. The third-order valence-corrected chi connectivity index (χ3v) is 4.66. The number of nitrogen functional groups attached to an aromatic ring is 1. The highest BCUT2D eigenvalue weighted by Crippen LogP contribution is 2.26. The number of anilines is 2. The van der Waals surface area contributed by atoms with Crippen LogP contribution in [-0.4, -0.2) is 49.2 Å². The molecule has 0 radical (unpaired) electrons. The van der Waals surface area contributed by atoms with Crippen molar-refractivity contribution in [2.24, 2.45) is 0 Å². The maximum Gasteiger partial charge on any atom is 0.295 e. The first kappa shape index (κ1) is 18.3. The van der Waals surface area contributed by atoms with Crippen LogP contribution in [0.3, 0.4) is 0 Å². The number of benzene rings is 2. The Labute approximate surface area is 157 Å². The minimum atomic E-state index is -0.503. The second-order valence-corrected chi connectivity index (χ2v) is 6.57. The lowest BCUT2D eigenvalue weighted by atomic mass is 10.2. The summed E-state index contributed by atoms with van der Waals surface area (Å²) in [5.41, 5.74) is 6.74. The van der Waals surface area contributed by atoms with Crippen LogP contribution >= 0.6 is 11.6 Å². The van der Waals surface area contributed by atoms with Gasteiger partial charge >= 0.3 is 0 Å². The molecule has 0 amide bonds. The Bertz CT molecular complexity index is 779. The van der Waals surface area contributed by atoms with Gasteiger partial charge in [-0.05, 0) is 30.3 Å². The Hall–Kier alpha value is -2.51. The third kappa shape index (κ3) is 4.56. The van der Waals surface area contributed by atoms with Crippen LogP contribution in [0.15, 0.2) is 42.5 Å².